The first kappa shape index (κ1) is 16.6. The third-order valence-electron chi connectivity index (χ3n) is 5.59. The Balaban J connectivity index is 1.12. The van der Waals surface area contributed by atoms with Gasteiger partial charge in [0.2, 0.25) is 0 Å². The first-order chi connectivity index (χ1) is 13.2. The summed E-state index contributed by atoms with van der Waals surface area (Å²) < 4.78 is 15.1. The summed E-state index contributed by atoms with van der Waals surface area (Å²) in [4.78, 5) is 16.4. The number of fused-ring (bicyclic) bond motifs is 1. The maximum atomic E-state index is 13.3. The number of nitrogens with zero attached hydrogens (tertiary/aromatic N) is 6. The average molecular weight is 366 g/mol. The standard InChI is InChI=1S/C20H23FN6/c21-16-4-5-20-23-17(13-27(20)11-16)12-24-14-18(15-24)25-7-9-26(10-8-25)19-3-1-2-6-22-19/h1-6,11,13,18H,7-10,12,14-15H2. The van der Waals surface area contributed by atoms with Gasteiger partial charge in [-0.25, -0.2) is 14.4 Å². The molecule has 2 saturated heterocycles. The number of piperazine rings is 1. The van der Waals surface area contributed by atoms with Gasteiger partial charge in [-0.1, -0.05) is 6.07 Å². The van der Waals surface area contributed by atoms with Crippen molar-refractivity contribution >= 4 is 11.5 Å². The molecule has 140 valence electrons. The summed E-state index contributed by atoms with van der Waals surface area (Å²) in [7, 11) is 0. The Morgan fingerprint density at radius 2 is 1.85 bits per heavy atom. The molecule has 6 nitrogen and oxygen atoms in total. The second-order valence-electron chi connectivity index (χ2n) is 7.40. The number of hydrogen-bond acceptors (Lipinski definition) is 5. The summed E-state index contributed by atoms with van der Waals surface area (Å²) in [5.41, 5.74) is 1.80. The molecule has 0 amide bonds. The molecule has 0 atom stereocenters. The maximum Gasteiger partial charge on any atom is 0.139 e. The lowest BCUT2D eigenvalue weighted by Gasteiger charge is -2.48. The van der Waals surface area contributed by atoms with E-state index in [1.54, 1.807) is 10.5 Å². The van der Waals surface area contributed by atoms with Crippen molar-refractivity contribution < 1.29 is 4.39 Å². The molecule has 2 fully saturated rings. The summed E-state index contributed by atoms with van der Waals surface area (Å²) in [6.07, 6.45) is 5.27. The molecular weight excluding hydrogens is 343 g/mol. The molecule has 0 bridgehead atoms. The number of aromatic nitrogens is 3. The molecule has 0 radical (unpaired) electrons. The van der Waals surface area contributed by atoms with Crippen LogP contribution in [0.5, 0.6) is 0 Å². The Morgan fingerprint density at radius 1 is 1.00 bits per heavy atom. The van der Waals surface area contributed by atoms with Gasteiger partial charge in [0, 0.05) is 70.4 Å². The molecule has 0 spiro atoms. The molecule has 5 rings (SSSR count). The van der Waals surface area contributed by atoms with Crippen molar-refractivity contribution in [2.75, 3.05) is 44.2 Å². The maximum absolute atomic E-state index is 13.3. The van der Waals surface area contributed by atoms with Crippen molar-refractivity contribution in [3.63, 3.8) is 0 Å². The van der Waals surface area contributed by atoms with E-state index in [1.807, 2.05) is 24.5 Å². The summed E-state index contributed by atoms with van der Waals surface area (Å²) in [5, 5.41) is 0. The Labute approximate surface area is 157 Å². The average Bonchev–Trinajstić information content (AvgIpc) is 3.07. The van der Waals surface area contributed by atoms with E-state index in [-0.39, 0.29) is 5.82 Å². The van der Waals surface area contributed by atoms with Gasteiger partial charge in [-0.05, 0) is 24.3 Å². The SMILES string of the molecule is Fc1ccc2nc(CN3CC(N4CCN(c5ccccn5)CC4)C3)cn2c1. The number of imidazole rings is 1. The van der Waals surface area contributed by atoms with Gasteiger partial charge in [-0.2, -0.15) is 0 Å². The quantitative estimate of drug-likeness (QED) is 0.705. The molecule has 0 aromatic carbocycles. The number of hydrogen-bond donors (Lipinski definition) is 0. The summed E-state index contributed by atoms with van der Waals surface area (Å²) in [5.74, 6) is 0.844. The van der Waals surface area contributed by atoms with E-state index in [4.69, 9.17) is 0 Å². The van der Waals surface area contributed by atoms with Crippen molar-refractivity contribution in [3.05, 3.63) is 60.4 Å². The van der Waals surface area contributed by atoms with E-state index in [0.717, 1.165) is 63.0 Å². The van der Waals surface area contributed by atoms with Gasteiger partial charge in [0.05, 0.1) is 5.69 Å². The van der Waals surface area contributed by atoms with E-state index < -0.39 is 0 Å². The van der Waals surface area contributed by atoms with Gasteiger partial charge >= 0.3 is 0 Å². The van der Waals surface area contributed by atoms with E-state index in [2.05, 4.69) is 30.7 Å². The minimum absolute atomic E-state index is 0.236. The van der Waals surface area contributed by atoms with E-state index in [0.29, 0.717) is 6.04 Å². The zero-order valence-corrected chi connectivity index (χ0v) is 15.2. The fourth-order valence-electron chi connectivity index (χ4n) is 4.08. The Morgan fingerprint density at radius 3 is 2.63 bits per heavy atom. The fraction of sp³-hybridized carbons (Fsp3) is 0.400. The van der Waals surface area contributed by atoms with Crippen LogP contribution < -0.4 is 4.90 Å². The fourth-order valence-corrected chi connectivity index (χ4v) is 4.08. The lowest BCUT2D eigenvalue weighted by atomic mass is 10.1. The van der Waals surface area contributed by atoms with Crippen LogP contribution in [0.15, 0.2) is 48.9 Å². The third-order valence-corrected chi connectivity index (χ3v) is 5.59. The monoisotopic (exact) mass is 366 g/mol. The highest BCUT2D eigenvalue weighted by atomic mass is 19.1. The molecule has 2 aliphatic heterocycles. The third kappa shape index (κ3) is 3.40. The molecule has 2 aliphatic rings. The van der Waals surface area contributed by atoms with Crippen LogP contribution in [0.2, 0.25) is 0 Å². The number of rotatable bonds is 4. The van der Waals surface area contributed by atoms with Crippen LogP contribution in [-0.2, 0) is 6.54 Å². The minimum atomic E-state index is -0.236. The lowest BCUT2D eigenvalue weighted by Crippen LogP contribution is -2.62. The van der Waals surface area contributed by atoms with Crippen LogP contribution in [0.3, 0.4) is 0 Å². The highest BCUT2D eigenvalue weighted by Gasteiger charge is 2.33. The zero-order chi connectivity index (χ0) is 18.2. The summed E-state index contributed by atoms with van der Waals surface area (Å²) >= 11 is 0. The predicted octanol–water partition coefficient (Wildman–Crippen LogP) is 1.87. The van der Waals surface area contributed by atoms with Gasteiger partial charge in [0.15, 0.2) is 0 Å². The number of pyridine rings is 2. The topological polar surface area (TPSA) is 39.9 Å². The first-order valence-electron chi connectivity index (χ1n) is 9.50. The molecule has 0 aliphatic carbocycles. The van der Waals surface area contributed by atoms with Crippen molar-refractivity contribution in [1.29, 1.82) is 0 Å². The van der Waals surface area contributed by atoms with Gasteiger partial charge in [-0.15, -0.1) is 0 Å². The smallest absolute Gasteiger partial charge is 0.139 e. The van der Waals surface area contributed by atoms with Crippen LogP contribution in [0, 0.1) is 5.82 Å². The molecule has 27 heavy (non-hydrogen) atoms. The molecule has 0 N–H and O–H groups in total. The van der Waals surface area contributed by atoms with Gasteiger partial charge in [0.25, 0.3) is 0 Å². The van der Waals surface area contributed by atoms with Crippen molar-refractivity contribution in [2.45, 2.75) is 12.6 Å². The van der Waals surface area contributed by atoms with Crippen molar-refractivity contribution in [1.82, 2.24) is 24.2 Å². The summed E-state index contributed by atoms with van der Waals surface area (Å²) in [6, 6.07) is 9.90. The lowest BCUT2D eigenvalue weighted by molar-refractivity contribution is 0.0249. The molecule has 3 aromatic heterocycles. The number of likely N-dealkylation sites (tertiary alicyclic amines) is 1. The highest BCUT2D eigenvalue weighted by Crippen LogP contribution is 2.21. The molecule has 0 unspecified atom stereocenters. The largest absolute Gasteiger partial charge is 0.354 e. The van der Waals surface area contributed by atoms with E-state index >= 15 is 0 Å². The van der Waals surface area contributed by atoms with E-state index in [9.17, 15) is 4.39 Å². The number of anilines is 1. The van der Waals surface area contributed by atoms with Crippen LogP contribution in [0.25, 0.3) is 5.65 Å². The second kappa shape index (κ2) is 6.90. The van der Waals surface area contributed by atoms with Crippen molar-refractivity contribution in [2.24, 2.45) is 0 Å². The van der Waals surface area contributed by atoms with Crippen LogP contribution in [0.4, 0.5) is 10.2 Å². The number of halogens is 1. The van der Waals surface area contributed by atoms with Crippen LogP contribution in [0.1, 0.15) is 5.69 Å². The molecular formula is C20H23FN6. The van der Waals surface area contributed by atoms with Crippen LogP contribution in [-0.4, -0.2) is 69.5 Å². The normalized spacial score (nSPS) is 19.5. The predicted molar refractivity (Wildman–Crippen MR) is 102 cm³/mol. The molecule has 7 heteroatoms. The van der Waals surface area contributed by atoms with Gasteiger partial charge < -0.3 is 9.30 Å². The van der Waals surface area contributed by atoms with Gasteiger partial charge in [0.1, 0.15) is 17.3 Å². The highest BCUT2D eigenvalue weighted by molar-refractivity contribution is 5.40. The second-order valence-corrected chi connectivity index (χ2v) is 7.40. The molecule has 5 heterocycles. The van der Waals surface area contributed by atoms with E-state index in [1.165, 1.54) is 12.3 Å². The Hall–Kier alpha value is -2.51. The van der Waals surface area contributed by atoms with Crippen molar-refractivity contribution in [3.8, 4) is 0 Å². The Kier molecular flexibility index (Phi) is 4.26. The van der Waals surface area contributed by atoms with Gasteiger partial charge in [-0.3, -0.25) is 9.80 Å². The Bertz CT molecular complexity index is 913. The minimum Gasteiger partial charge on any atom is -0.354 e. The summed E-state index contributed by atoms with van der Waals surface area (Å²) in [6.45, 7) is 7.22. The zero-order valence-electron chi connectivity index (χ0n) is 15.2. The van der Waals surface area contributed by atoms with Crippen LogP contribution >= 0.6 is 0 Å². The molecule has 3 aromatic rings. The molecule has 0 saturated carbocycles. The first-order valence-corrected chi connectivity index (χ1v) is 9.50.